The SMILES string of the molecule is CCCN.Fc1ccc(C2CC2)cc1.O=C(NCC(=O)N1CCS(=O)(=O)CC1)c1ccc(-c2ccccn2)cc1. The van der Waals surface area contributed by atoms with E-state index in [0.29, 0.717) is 5.56 Å². The lowest BCUT2D eigenvalue weighted by molar-refractivity contribution is -0.129. The first-order valence-corrected chi connectivity index (χ1v) is 15.3. The molecule has 40 heavy (non-hydrogen) atoms. The molecule has 3 aromatic rings. The second kappa shape index (κ2) is 15.2. The summed E-state index contributed by atoms with van der Waals surface area (Å²) in [6.45, 7) is 3.08. The first-order chi connectivity index (χ1) is 19.2. The van der Waals surface area contributed by atoms with Crippen molar-refractivity contribution in [2.45, 2.75) is 32.1 Å². The van der Waals surface area contributed by atoms with E-state index in [4.69, 9.17) is 5.73 Å². The molecule has 1 aromatic heterocycles. The fraction of sp³-hybridized carbons (Fsp3) is 0.367. The summed E-state index contributed by atoms with van der Waals surface area (Å²) in [6.07, 6.45) is 5.37. The van der Waals surface area contributed by atoms with E-state index in [1.165, 1.54) is 35.4 Å². The van der Waals surface area contributed by atoms with Crippen molar-refractivity contribution in [2.24, 2.45) is 5.73 Å². The maximum atomic E-state index is 12.4. The number of halogens is 1. The van der Waals surface area contributed by atoms with Gasteiger partial charge >= 0.3 is 0 Å². The van der Waals surface area contributed by atoms with Crippen LogP contribution in [0.4, 0.5) is 4.39 Å². The number of hydrogen-bond acceptors (Lipinski definition) is 6. The zero-order chi connectivity index (χ0) is 29.0. The second-order valence-electron chi connectivity index (χ2n) is 9.62. The first-order valence-electron chi connectivity index (χ1n) is 13.5. The zero-order valence-electron chi connectivity index (χ0n) is 22.8. The van der Waals surface area contributed by atoms with Gasteiger partial charge in [-0.2, -0.15) is 0 Å². The number of rotatable bonds is 6. The van der Waals surface area contributed by atoms with Crippen LogP contribution in [0.15, 0.2) is 72.9 Å². The predicted octanol–water partition coefficient (Wildman–Crippen LogP) is 3.79. The normalized spacial score (nSPS) is 15.5. The third-order valence-electron chi connectivity index (χ3n) is 6.41. The number of carbonyl (C=O) groups excluding carboxylic acids is 2. The number of nitrogens with two attached hydrogens (primary N) is 1. The van der Waals surface area contributed by atoms with Crippen LogP contribution >= 0.6 is 0 Å². The van der Waals surface area contributed by atoms with Gasteiger partial charge in [0, 0.05) is 30.4 Å². The number of pyridine rings is 1. The summed E-state index contributed by atoms with van der Waals surface area (Å²) in [7, 11) is -3.04. The minimum absolute atomic E-state index is 0.0261. The van der Waals surface area contributed by atoms with Gasteiger partial charge in [0.1, 0.15) is 5.82 Å². The molecule has 8 nitrogen and oxygen atoms in total. The van der Waals surface area contributed by atoms with Crippen molar-refractivity contribution < 1.29 is 22.4 Å². The molecule has 10 heteroatoms. The number of nitrogens with zero attached hydrogens (tertiary/aromatic N) is 2. The quantitative estimate of drug-likeness (QED) is 0.467. The molecule has 2 fully saturated rings. The van der Waals surface area contributed by atoms with Gasteiger partial charge in [-0.25, -0.2) is 12.8 Å². The minimum Gasteiger partial charge on any atom is -0.343 e. The summed E-state index contributed by atoms with van der Waals surface area (Å²) < 4.78 is 35.1. The van der Waals surface area contributed by atoms with Crippen molar-refractivity contribution in [2.75, 3.05) is 37.7 Å². The maximum absolute atomic E-state index is 12.4. The van der Waals surface area contributed by atoms with Crippen LogP contribution in [0.1, 0.15) is 48.0 Å². The van der Waals surface area contributed by atoms with E-state index in [9.17, 15) is 22.4 Å². The Morgan fingerprint density at radius 1 is 1.00 bits per heavy atom. The molecule has 1 saturated heterocycles. The van der Waals surface area contributed by atoms with Gasteiger partial charge in [0.2, 0.25) is 5.91 Å². The van der Waals surface area contributed by atoms with Crippen LogP contribution in [0.2, 0.25) is 0 Å². The summed E-state index contributed by atoms with van der Waals surface area (Å²) in [4.78, 5) is 30.0. The molecule has 0 radical (unpaired) electrons. The standard InChI is InChI=1S/C18H19N3O4S.C9H9F.C3H9N/c22-17(21-9-11-26(24,25)12-10-21)13-20-18(23)15-6-4-14(5-7-15)16-3-1-2-8-19-16;10-9-5-3-8(4-6-9)7-1-2-7;1-2-3-4/h1-8H,9-13H2,(H,20,23);3-7H,1-2H2;2-4H2,1H3. The predicted molar refractivity (Wildman–Crippen MR) is 155 cm³/mol. The molecule has 2 amide bonds. The van der Waals surface area contributed by atoms with Crippen LogP contribution in [-0.2, 0) is 14.6 Å². The molecule has 2 aromatic carbocycles. The van der Waals surface area contributed by atoms with E-state index >= 15 is 0 Å². The summed E-state index contributed by atoms with van der Waals surface area (Å²) >= 11 is 0. The van der Waals surface area contributed by atoms with E-state index in [2.05, 4.69) is 17.2 Å². The highest BCUT2D eigenvalue weighted by molar-refractivity contribution is 7.91. The molecule has 0 bridgehead atoms. The second-order valence-corrected chi connectivity index (χ2v) is 11.9. The first kappa shape index (κ1) is 30.9. The summed E-state index contributed by atoms with van der Waals surface area (Å²) in [5, 5.41) is 2.58. The number of nitrogens with one attached hydrogen (secondary N) is 1. The lowest BCUT2D eigenvalue weighted by Gasteiger charge is -2.26. The number of aromatic nitrogens is 1. The Balaban J connectivity index is 0.000000257. The molecule has 0 atom stereocenters. The Morgan fingerprint density at radius 3 is 2.15 bits per heavy atom. The van der Waals surface area contributed by atoms with Crippen molar-refractivity contribution in [3.63, 3.8) is 0 Å². The number of hydrogen-bond donors (Lipinski definition) is 2. The van der Waals surface area contributed by atoms with Crippen LogP contribution in [0.5, 0.6) is 0 Å². The van der Waals surface area contributed by atoms with Crippen molar-refractivity contribution in [3.05, 3.63) is 89.9 Å². The molecule has 1 aliphatic carbocycles. The molecule has 2 heterocycles. The summed E-state index contributed by atoms with van der Waals surface area (Å²) in [5.41, 5.74) is 8.47. The molecule has 1 saturated carbocycles. The molecule has 1 aliphatic heterocycles. The topological polar surface area (TPSA) is 122 Å². The van der Waals surface area contributed by atoms with Crippen LogP contribution in [0, 0.1) is 5.82 Å². The highest BCUT2D eigenvalue weighted by Gasteiger charge is 2.25. The summed E-state index contributed by atoms with van der Waals surface area (Å²) in [6, 6.07) is 19.4. The van der Waals surface area contributed by atoms with Gasteiger partial charge in [-0.15, -0.1) is 0 Å². The Labute approximate surface area is 235 Å². The number of benzene rings is 2. The molecular formula is C30H37FN4O4S. The molecule has 5 rings (SSSR count). The van der Waals surface area contributed by atoms with Gasteiger partial charge in [0.25, 0.3) is 5.91 Å². The number of amides is 2. The zero-order valence-corrected chi connectivity index (χ0v) is 23.6. The summed E-state index contributed by atoms with van der Waals surface area (Å²) in [5.74, 6) is -0.0810. The lowest BCUT2D eigenvalue weighted by Crippen LogP contribution is -2.47. The Kier molecular flexibility index (Phi) is 11.8. The van der Waals surface area contributed by atoms with Gasteiger partial charge < -0.3 is 16.0 Å². The van der Waals surface area contributed by atoms with Gasteiger partial charge in [-0.3, -0.25) is 14.6 Å². The van der Waals surface area contributed by atoms with Gasteiger partial charge in [-0.1, -0.05) is 37.3 Å². The fourth-order valence-electron chi connectivity index (χ4n) is 3.81. The van der Waals surface area contributed by atoms with Crippen molar-refractivity contribution in [1.29, 1.82) is 0 Å². The third-order valence-corrected chi connectivity index (χ3v) is 8.02. The van der Waals surface area contributed by atoms with Crippen LogP contribution < -0.4 is 11.1 Å². The van der Waals surface area contributed by atoms with Gasteiger partial charge in [0.05, 0.1) is 23.7 Å². The van der Waals surface area contributed by atoms with Gasteiger partial charge in [-0.05, 0) is 73.7 Å². The van der Waals surface area contributed by atoms with E-state index in [-0.39, 0.29) is 48.8 Å². The Hall–Kier alpha value is -3.63. The highest BCUT2D eigenvalue weighted by atomic mass is 32.2. The molecule has 3 N–H and O–H groups in total. The van der Waals surface area contributed by atoms with Crippen molar-refractivity contribution in [1.82, 2.24) is 15.2 Å². The number of carbonyl (C=O) groups is 2. The van der Waals surface area contributed by atoms with Crippen LogP contribution in [-0.4, -0.2) is 67.8 Å². The average molecular weight is 569 g/mol. The monoisotopic (exact) mass is 568 g/mol. The third kappa shape index (κ3) is 10.2. The Morgan fingerprint density at radius 2 is 1.62 bits per heavy atom. The van der Waals surface area contributed by atoms with Crippen LogP contribution in [0.3, 0.4) is 0 Å². The molecule has 0 spiro atoms. The smallest absolute Gasteiger partial charge is 0.251 e. The molecular weight excluding hydrogens is 531 g/mol. The van der Waals surface area contributed by atoms with E-state index in [0.717, 1.165) is 30.1 Å². The fourth-order valence-corrected chi connectivity index (χ4v) is 5.01. The lowest BCUT2D eigenvalue weighted by atomic mass is 10.1. The molecule has 214 valence electrons. The Bertz CT molecular complexity index is 1310. The van der Waals surface area contributed by atoms with E-state index in [1.54, 1.807) is 30.5 Å². The molecule has 0 unspecified atom stereocenters. The minimum atomic E-state index is -3.04. The van der Waals surface area contributed by atoms with E-state index in [1.807, 2.05) is 30.3 Å². The van der Waals surface area contributed by atoms with E-state index < -0.39 is 9.84 Å². The number of sulfone groups is 1. The van der Waals surface area contributed by atoms with Crippen molar-refractivity contribution >= 4 is 21.7 Å². The van der Waals surface area contributed by atoms with Crippen molar-refractivity contribution in [3.8, 4) is 11.3 Å². The van der Waals surface area contributed by atoms with Crippen LogP contribution in [0.25, 0.3) is 11.3 Å². The molecule has 2 aliphatic rings. The average Bonchev–Trinajstić information content (AvgIpc) is 3.83. The maximum Gasteiger partial charge on any atom is 0.251 e. The largest absolute Gasteiger partial charge is 0.343 e. The highest BCUT2D eigenvalue weighted by Crippen LogP contribution is 2.39. The van der Waals surface area contributed by atoms with Gasteiger partial charge in [0.15, 0.2) is 9.84 Å².